The lowest BCUT2D eigenvalue weighted by Gasteiger charge is -2.05. The molecule has 7 heteroatoms. The first-order valence-electron chi connectivity index (χ1n) is 3.78. The second kappa shape index (κ2) is 4.89. The van der Waals surface area contributed by atoms with E-state index in [-0.39, 0.29) is 13.2 Å². The second-order valence-corrected chi connectivity index (χ2v) is 3.35. The summed E-state index contributed by atoms with van der Waals surface area (Å²) in [6.45, 7) is -0.316. The maximum atomic E-state index is 10.0. The van der Waals surface area contributed by atoms with Crippen molar-refractivity contribution in [2.75, 3.05) is 13.2 Å². The molecule has 1 rings (SSSR count). The van der Waals surface area contributed by atoms with Crippen LogP contribution in [0, 0.1) is 0 Å². The van der Waals surface area contributed by atoms with E-state index in [2.05, 4.69) is 4.18 Å². The van der Waals surface area contributed by atoms with Crippen LogP contribution in [-0.2, 0) is 14.6 Å². The largest absolute Gasteiger partial charge is 0.726 e. The van der Waals surface area contributed by atoms with Crippen molar-refractivity contribution >= 4 is 10.4 Å². The van der Waals surface area contributed by atoms with Gasteiger partial charge < -0.3 is 4.55 Å². The first-order valence-corrected chi connectivity index (χ1v) is 5.11. The topological polar surface area (TPSA) is 79.5 Å². The number of rotatable bonds is 5. The molecular formula is C7H9NO5S. The molecule has 14 heavy (non-hydrogen) atoms. The third-order valence-corrected chi connectivity index (χ3v) is 1.69. The third kappa shape index (κ3) is 4.75. The summed E-state index contributed by atoms with van der Waals surface area (Å²) in [6.07, 6.45) is 3.26. The summed E-state index contributed by atoms with van der Waals surface area (Å²) in [7, 11) is -4.62. The minimum Gasteiger partial charge on any atom is -0.726 e. The van der Waals surface area contributed by atoms with Gasteiger partial charge in [0.1, 0.15) is 6.61 Å². The Balaban J connectivity index is 2.23. The molecule has 6 nitrogen and oxygen atoms in total. The van der Waals surface area contributed by atoms with Crippen molar-refractivity contribution < 1.29 is 26.7 Å². The highest BCUT2D eigenvalue weighted by Crippen LogP contribution is 1.83. The van der Waals surface area contributed by atoms with E-state index in [1.807, 2.05) is 0 Å². The van der Waals surface area contributed by atoms with Crippen molar-refractivity contribution in [2.45, 2.75) is 0 Å². The molecule has 0 aliphatic rings. The van der Waals surface area contributed by atoms with E-state index in [9.17, 15) is 13.0 Å². The van der Waals surface area contributed by atoms with E-state index in [0.717, 1.165) is 0 Å². The predicted octanol–water partition coefficient (Wildman–Crippen LogP) is -1.12. The van der Waals surface area contributed by atoms with E-state index in [1.165, 1.54) is 4.73 Å². The number of hydrogen-bond acceptors (Lipinski definition) is 5. The monoisotopic (exact) mass is 219 g/mol. The molecule has 0 aliphatic heterocycles. The van der Waals surface area contributed by atoms with Gasteiger partial charge in [-0.25, -0.2) is 8.42 Å². The smallest absolute Gasteiger partial charge is 0.222 e. The van der Waals surface area contributed by atoms with Gasteiger partial charge in [0, 0.05) is 16.9 Å². The highest BCUT2D eigenvalue weighted by atomic mass is 32.3. The average Bonchev–Trinajstić information content (AvgIpc) is 2.13. The molecule has 0 unspecified atom stereocenters. The Morgan fingerprint density at radius 1 is 1.14 bits per heavy atom. The van der Waals surface area contributed by atoms with Gasteiger partial charge >= 0.3 is 0 Å². The van der Waals surface area contributed by atoms with Gasteiger partial charge in [0.05, 0.1) is 0 Å². The Labute approximate surface area is 81.6 Å². The zero-order valence-corrected chi connectivity index (χ0v) is 8.01. The highest BCUT2D eigenvalue weighted by Gasteiger charge is 2.00. The summed E-state index contributed by atoms with van der Waals surface area (Å²) >= 11 is 0. The Kier molecular flexibility index (Phi) is 3.81. The molecule has 0 aliphatic carbocycles. The Bertz CT molecular complexity index is 363. The first-order chi connectivity index (χ1) is 6.58. The molecule has 0 spiro atoms. The molecule has 1 aromatic heterocycles. The lowest BCUT2D eigenvalue weighted by molar-refractivity contribution is -0.891. The van der Waals surface area contributed by atoms with Gasteiger partial charge in [-0.2, -0.15) is 0 Å². The molecular weight excluding hydrogens is 210 g/mol. The lowest BCUT2D eigenvalue weighted by atomic mass is 10.5. The minimum atomic E-state index is -4.62. The molecule has 1 heterocycles. The molecule has 0 N–H and O–H groups in total. The van der Waals surface area contributed by atoms with Gasteiger partial charge in [-0.15, -0.1) is 0 Å². The summed E-state index contributed by atoms with van der Waals surface area (Å²) in [5.41, 5.74) is 0. The van der Waals surface area contributed by atoms with Crippen LogP contribution in [0.3, 0.4) is 0 Å². The molecule has 0 saturated heterocycles. The Morgan fingerprint density at radius 2 is 1.79 bits per heavy atom. The van der Waals surface area contributed by atoms with E-state index in [1.54, 1.807) is 30.6 Å². The van der Waals surface area contributed by atoms with E-state index in [4.69, 9.17) is 4.84 Å². The molecule has 1 aromatic rings. The third-order valence-electron chi connectivity index (χ3n) is 1.24. The van der Waals surface area contributed by atoms with E-state index < -0.39 is 10.4 Å². The summed E-state index contributed by atoms with van der Waals surface area (Å²) in [6, 6.07) is 5.29. The summed E-state index contributed by atoms with van der Waals surface area (Å²) in [5, 5.41) is 0. The van der Waals surface area contributed by atoms with E-state index >= 15 is 0 Å². The quantitative estimate of drug-likeness (QED) is 0.271. The SMILES string of the molecule is O=S(=O)([O-])OCCO[n+]1ccccc1. The molecule has 0 amide bonds. The molecule has 0 fully saturated rings. The van der Waals surface area contributed by atoms with E-state index in [0.29, 0.717) is 0 Å². The van der Waals surface area contributed by atoms with Gasteiger partial charge in [-0.3, -0.25) is 9.02 Å². The summed E-state index contributed by atoms with van der Waals surface area (Å²) < 4.78 is 35.3. The van der Waals surface area contributed by atoms with Crippen LogP contribution in [0.5, 0.6) is 0 Å². The van der Waals surface area contributed by atoms with Crippen molar-refractivity contribution in [1.82, 2.24) is 0 Å². The first kappa shape index (κ1) is 10.9. The van der Waals surface area contributed by atoms with Crippen molar-refractivity contribution in [2.24, 2.45) is 0 Å². The second-order valence-electron chi connectivity index (χ2n) is 2.30. The van der Waals surface area contributed by atoms with Gasteiger partial charge in [-0.1, -0.05) is 6.07 Å². The molecule has 0 aromatic carbocycles. The summed E-state index contributed by atoms with van der Waals surface area (Å²) in [5.74, 6) is 0. The maximum absolute atomic E-state index is 10.0. The van der Waals surface area contributed by atoms with Crippen LogP contribution in [-0.4, -0.2) is 26.2 Å². The van der Waals surface area contributed by atoms with Crippen molar-refractivity contribution in [3.05, 3.63) is 30.6 Å². The zero-order chi connectivity index (χ0) is 10.4. The standard InChI is InChI=1S/C7H9NO5S/c9-14(10,11)13-7-6-12-8-4-2-1-3-5-8/h1-5H,6-7H2. The van der Waals surface area contributed by atoms with Crippen LogP contribution >= 0.6 is 0 Å². The lowest BCUT2D eigenvalue weighted by Crippen LogP contribution is -2.43. The molecule has 0 saturated carbocycles. The van der Waals surface area contributed by atoms with Crippen LogP contribution in [0.15, 0.2) is 30.6 Å². The van der Waals surface area contributed by atoms with Gasteiger partial charge in [0.15, 0.2) is 6.61 Å². The average molecular weight is 219 g/mol. The van der Waals surface area contributed by atoms with Crippen molar-refractivity contribution in [3.63, 3.8) is 0 Å². The fourth-order valence-electron chi connectivity index (χ4n) is 0.748. The van der Waals surface area contributed by atoms with Gasteiger partial charge in [-0.05, 0) is 0 Å². The van der Waals surface area contributed by atoms with Crippen LogP contribution in [0.2, 0.25) is 0 Å². The predicted molar refractivity (Wildman–Crippen MR) is 43.7 cm³/mol. The van der Waals surface area contributed by atoms with Crippen LogP contribution in [0.1, 0.15) is 0 Å². The van der Waals surface area contributed by atoms with Crippen LogP contribution in [0.4, 0.5) is 0 Å². The maximum Gasteiger partial charge on any atom is 0.222 e. The molecule has 0 bridgehead atoms. The fraction of sp³-hybridized carbons (Fsp3) is 0.286. The van der Waals surface area contributed by atoms with Crippen molar-refractivity contribution in [1.29, 1.82) is 0 Å². The summed E-state index contributed by atoms with van der Waals surface area (Å²) in [4.78, 5) is 4.99. The zero-order valence-electron chi connectivity index (χ0n) is 7.20. The van der Waals surface area contributed by atoms with Gasteiger partial charge in [0.2, 0.25) is 22.8 Å². The normalized spacial score (nSPS) is 11.2. The Morgan fingerprint density at radius 3 is 2.36 bits per heavy atom. The molecule has 0 radical (unpaired) electrons. The molecule has 0 atom stereocenters. The molecule has 78 valence electrons. The fourth-order valence-corrected chi connectivity index (χ4v) is 1.02. The Hall–Kier alpha value is -1.18. The van der Waals surface area contributed by atoms with Gasteiger partial charge in [0.25, 0.3) is 0 Å². The highest BCUT2D eigenvalue weighted by molar-refractivity contribution is 7.80. The van der Waals surface area contributed by atoms with Crippen LogP contribution in [0.25, 0.3) is 0 Å². The number of nitrogens with zero attached hydrogens (tertiary/aromatic N) is 1. The minimum absolute atomic E-state index is 0.0177. The number of hydrogen-bond donors (Lipinski definition) is 0. The van der Waals surface area contributed by atoms with Crippen LogP contribution < -0.4 is 9.57 Å². The number of aromatic nitrogens is 1. The number of pyridine rings is 1. The van der Waals surface area contributed by atoms with Crippen molar-refractivity contribution in [3.8, 4) is 0 Å².